The van der Waals surface area contributed by atoms with Gasteiger partial charge in [0.25, 0.3) is 0 Å². The molecule has 0 saturated heterocycles. The van der Waals surface area contributed by atoms with Crippen LogP contribution in [0.5, 0.6) is 0 Å². The molecule has 0 spiro atoms. The maximum Gasteiger partial charge on any atom is 0.234 e. The number of amides is 1. The molecule has 21 heavy (non-hydrogen) atoms. The summed E-state index contributed by atoms with van der Waals surface area (Å²) in [6.07, 6.45) is 3.72. The number of carbonyl (C=O) groups excluding carboxylic acids is 1. The minimum atomic E-state index is -0.182. The fourth-order valence-corrected chi connectivity index (χ4v) is 2.84. The van der Waals surface area contributed by atoms with Crippen molar-refractivity contribution in [3.05, 3.63) is 23.5 Å². The van der Waals surface area contributed by atoms with Crippen LogP contribution >= 0.6 is 23.4 Å². The number of nitrogen functional groups attached to an aromatic ring is 1. The number of hydrogen-bond acceptors (Lipinski definition) is 6. The van der Waals surface area contributed by atoms with E-state index in [0.717, 1.165) is 12.8 Å². The average Bonchev–Trinajstić information content (AvgIpc) is 3.23. The second-order valence-corrected chi connectivity index (χ2v) is 5.92. The maximum atomic E-state index is 11.9. The Morgan fingerprint density at radius 2 is 2.33 bits per heavy atom. The van der Waals surface area contributed by atoms with Crippen LogP contribution in [0.3, 0.4) is 0 Å². The number of halogens is 1. The molecule has 1 amide bonds. The summed E-state index contributed by atoms with van der Waals surface area (Å²) >= 11 is 7.19. The summed E-state index contributed by atoms with van der Waals surface area (Å²) in [6, 6.07) is 3.78. The van der Waals surface area contributed by atoms with E-state index in [4.69, 9.17) is 17.3 Å². The monoisotopic (exact) mass is 324 g/mol. The molecule has 2 aromatic rings. The fourth-order valence-electron chi connectivity index (χ4n) is 1.86. The third-order valence-corrected chi connectivity index (χ3v) is 4.21. The molecule has 0 atom stereocenters. The summed E-state index contributed by atoms with van der Waals surface area (Å²) in [6.45, 7) is 0. The van der Waals surface area contributed by atoms with Gasteiger partial charge in [0.05, 0.1) is 11.4 Å². The van der Waals surface area contributed by atoms with Crippen molar-refractivity contribution < 1.29 is 4.79 Å². The van der Waals surface area contributed by atoms with Crippen LogP contribution in [0, 0.1) is 0 Å². The van der Waals surface area contributed by atoms with E-state index in [2.05, 4.69) is 20.5 Å². The summed E-state index contributed by atoms with van der Waals surface area (Å²) in [4.78, 5) is 15.8. The normalized spacial score (nSPS) is 14.1. The van der Waals surface area contributed by atoms with E-state index in [-0.39, 0.29) is 16.8 Å². The predicted molar refractivity (Wildman–Crippen MR) is 81.3 cm³/mol. The summed E-state index contributed by atoms with van der Waals surface area (Å²) < 4.78 is 1.88. The van der Waals surface area contributed by atoms with Gasteiger partial charge in [-0.2, -0.15) is 0 Å². The average molecular weight is 325 g/mol. The van der Waals surface area contributed by atoms with Gasteiger partial charge < -0.3 is 11.1 Å². The number of pyridine rings is 1. The van der Waals surface area contributed by atoms with E-state index in [9.17, 15) is 4.79 Å². The number of nitrogens with zero attached hydrogens (tertiary/aromatic N) is 4. The molecule has 9 heteroatoms. The van der Waals surface area contributed by atoms with E-state index < -0.39 is 0 Å². The summed E-state index contributed by atoms with van der Waals surface area (Å²) in [5.41, 5.74) is 6.28. The molecule has 0 aliphatic heterocycles. The third kappa shape index (κ3) is 3.27. The Morgan fingerprint density at radius 3 is 3.05 bits per heavy atom. The van der Waals surface area contributed by atoms with Gasteiger partial charge in [0.15, 0.2) is 10.3 Å². The van der Waals surface area contributed by atoms with Crippen LogP contribution in [-0.4, -0.2) is 31.4 Å². The van der Waals surface area contributed by atoms with Crippen LogP contribution in [0.2, 0.25) is 5.15 Å². The molecule has 1 aliphatic rings. The number of rotatable bonds is 5. The zero-order valence-corrected chi connectivity index (χ0v) is 12.6. The maximum absolute atomic E-state index is 11.9. The molecule has 7 nitrogen and oxygen atoms in total. The molecule has 0 bridgehead atoms. The molecular weight excluding hydrogens is 312 g/mol. The Bertz CT molecular complexity index is 672. The Hall–Kier alpha value is -1.80. The van der Waals surface area contributed by atoms with Crippen molar-refractivity contribution in [2.45, 2.75) is 24.0 Å². The van der Waals surface area contributed by atoms with Crippen LogP contribution in [0.25, 0.3) is 0 Å². The highest BCUT2D eigenvalue weighted by molar-refractivity contribution is 7.99. The molecule has 3 N–H and O–H groups in total. The molecule has 1 saturated carbocycles. The Balaban J connectivity index is 1.60. The standard InChI is InChI=1S/C12H13ClN6OS/c13-10-8(2-1-5-15-10)16-9(20)6-21-12-18-17-11(14)19(12)7-3-4-7/h1-2,5,7H,3-4,6H2,(H2,14,17)(H,16,20). The molecule has 2 aromatic heterocycles. The van der Waals surface area contributed by atoms with Crippen LogP contribution in [0.1, 0.15) is 18.9 Å². The first-order chi connectivity index (χ1) is 10.1. The van der Waals surface area contributed by atoms with Gasteiger partial charge in [0.1, 0.15) is 0 Å². The lowest BCUT2D eigenvalue weighted by atomic mass is 10.4. The first-order valence-corrected chi connectivity index (χ1v) is 7.75. The number of thioether (sulfide) groups is 1. The smallest absolute Gasteiger partial charge is 0.234 e. The third-order valence-electron chi connectivity index (χ3n) is 2.97. The number of nitrogens with one attached hydrogen (secondary N) is 1. The fraction of sp³-hybridized carbons (Fsp3) is 0.333. The van der Waals surface area contributed by atoms with Crippen LogP contribution in [0.15, 0.2) is 23.5 Å². The second-order valence-electron chi connectivity index (χ2n) is 4.62. The van der Waals surface area contributed by atoms with Gasteiger partial charge >= 0.3 is 0 Å². The molecule has 1 aliphatic carbocycles. The number of anilines is 2. The SMILES string of the molecule is Nc1nnc(SCC(=O)Nc2cccnc2Cl)n1C1CC1. The largest absolute Gasteiger partial charge is 0.368 e. The Morgan fingerprint density at radius 1 is 1.52 bits per heavy atom. The highest BCUT2D eigenvalue weighted by Gasteiger charge is 2.29. The molecule has 0 radical (unpaired) electrons. The van der Waals surface area contributed by atoms with E-state index in [0.29, 0.717) is 22.8 Å². The van der Waals surface area contributed by atoms with Crippen LogP contribution in [-0.2, 0) is 4.79 Å². The highest BCUT2D eigenvalue weighted by Crippen LogP contribution is 2.39. The topological polar surface area (TPSA) is 98.7 Å². The van der Waals surface area contributed by atoms with Gasteiger partial charge in [-0.3, -0.25) is 9.36 Å². The van der Waals surface area contributed by atoms with Crippen LogP contribution in [0.4, 0.5) is 11.6 Å². The Labute approximate surface area is 130 Å². The van der Waals surface area contributed by atoms with Crippen molar-refractivity contribution in [1.29, 1.82) is 0 Å². The van der Waals surface area contributed by atoms with E-state index in [1.54, 1.807) is 18.3 Å². The molecule has 2 heterocycles. The summed E-state index contributed by atoms with van der Waals surface area (Å²) in [5.74, 6) is 0.422. The molecule has 110 valence electrons. The lowest BCUT2D eigenvalue weighted by Crippen LogP contribution is -2.15. The summed E-state index contributed by atoms with van der Waals surface area (Å²) in [5, 5.41) is 11.5. The van der Waals surface area contributed by atoms with Gasteiger partial charge in [-0.05, 0) is 25.0 Å². The van der Waals surface area contributed by atoms with Crippen molar-refractivity contribution in [3.63, 3.8) is 0 Å². The number of carbonyl (C=O) groups is 1. The van der Waals surface area contributed by atoms with Gasteiger partial charge in [0, 0.05) is 12.2 Å². The first-order valence-electron chi connectivity index (χ1n) is 6.38. The number of nitrogens with two attached hydrogens (primary N) is 1. The van der Waals surface area contributed by atoms with E-state index in [1.807, 2.05) is 4.57 Å². The quantitative estimate of drug-likeness (QED) is 0.644. The highest BCUT2D eigenvalue weighted by atomic mass is 35.5. The van der Waals surface area contributed by atoms with Crippen molar-refractivity contribution in [3.8, 4) is 0 Å². The minimum Gasteiger partial charge on any atom is -0.368 e. The van der Waals surface area contributed by atoms with Gasteiger partial charge in [-0.25, -0.2) is 4.98 Å². The van der Waals surface area contributed by atoms with Crippen molar-refractivity contribution in [2.75, 3.05) is 16.8 Å². The van der Waals surface area contributed by atoms with Gasteiger partial charge in [-0.15, -0.1) is 10.2 Å². The van der Waals surface area contributed by atoms with Crippen molar-refractivity contribution >= 4 is 40.9 Å². The molecule has 1 fully saturated rings. The minimum absolute atomic E-state index is 0.182. The van der Waals surface area contributed by atoms with E-state index in [1.165, 1.54) is 11.8 Å². The zero-order valence-electron chi connectivity index (χ0n) is 11.0. The lowest BCUT2D eigenvalue weighted by molar-refractivity contribution is -0.113. The van der Waals surface area contributed by atoms with E-state index >= 15 is 0 Å². The molecular formula is C12H13ClN6OS. The zero-order chi connectivity index (χ0) is 14.8. The first kappa shape index (κ1) is 14.2. The molecule has 0 aromatic carbocycles. The Kier molecular flexibility index (Phi) is 3.98. The number of hydrogen-bond donors (Lipinski definition) is 2. The van der Waals surface area contributed by atoms with Crippen LogP contribution < -0.4 is 11.1 Å². The molecule has 3 rings (SSSR count). The van der Waals surface area contributed by atoms with Gasteiger partial charge in [0.2, 0.25) is 11.9 Å². The lowest BCUT2D eigenvalue weighted by Gasteiger charge is -2.07. The van der Waals surface area contributed by atoms with Crippen molar-refractivity contribution in [2.24, 2.45) is 0 Å². The number of aromatic nitrogens is 4. The predicted octanol–water partition coefficient (Wildman–Crippen LogP) is 1.97. The van der Waals surface area contributed by atoms with Gasteiger partial charge in [-0.1, -0.05) is 23.4 Å². The second kappa shape index (κ2) is 5.90. The molecule has 0 unspecified atom stereocenters. The van der Waals surface area contributed by atoms with Crippen molar-refractivity contribution in [1.82, 2.24) is 19.7 Å². The summed E-state index contributed by atoms with van der Waals surface area (Å²) in [7, 11) is 0.